The molecule has 3 heterocycles. The quantitative estimate of drug-likeness (QED) is 0.707. The number of carbonyl (C=O) groups excluding carboxylic acids is 1. The van der Waals surface area contributed by atoms with Gasteiger partial charge >= 0.3 is 0 Å². The predicted molar refractivity (Wildman–Crippen MR) is 101 cm³/mol. The number of carbonyl (C=O) groups is 1. The van der Waals surface area contributed by atoms with E-state index in [4.69, 9.17) is 16.3 Å². The van der Waals surface area contributed by atoms with E-state index in [9.17, 15) is 4.79 Å². The molecule has 0 aliphatic carbocycles. The number of aromatic nitrogens is 2. The Labute approximate surface area is 158 Å². The second-order valence-electron chi connectivity index (χ2n) is 7.35. The van der Waals surface area contributed by atoms with Crippen molar-refractivity contribution < 1.29 is 9.53 Å². The summed E-state index contributed by atoms with van der Waals surface area (Å²) in [5.74, 6) is 2.46. The summed E-state index contributed by atoms with van der Waals surface area (Å²) in [4.78, 5) is 23.5. The summed E-state index contributed by atoms with van der Waals surface area (Å²) in [6, 6.07) is 5.69. The molecule has 1 spiro atoms. The normalized spacial score (nSPS) is 18.6. The average molecular weight is 372 g/mol. The Kier molecular flexibility index (Phi) is 4.14. The largest absolute Gasteiger partial charge is 0.486 e. The lowest BCUT2D eigenvalue weighted by Gasteiger charge is -2.44. The Morgan fingerprint density at radius 3 is 2.58 bits per heavy atom. The van der Waals surface area contributed by atoms with E-state index >= 15 is 0 Å². The first kappa shape index (κ1) is 17.3. The van der Waals surface area contributed by atoms with Crippen molar-refractivity contribution >= 4 is 23.2 Å². The first-order valence-corrected chi connectivity index (χ1v) is 9.33. The molecule has 0 saturated carbocycles. The van der Waals surface area contributed by atoms with Crippen molar-refractivity contribution in [3.8, 4) is 5.75 Å². The number of hydrogen-bond donors (Lipinski definition) is 0. The molecule has 1 saturated heterocycles. The minimum absolute atomic E-state index is 0.184. The van der Waals surface area contributed by atoms with Crippen molar-refractivity contribution in [2.75, 3.05) is 18.0 Å². The molecule has 5 nitrogen and oxygen atoms in total. The third-order valence-corrected chi connectivity index (χ3v) is 5.76. The molecule has 2 aliphatic rings. The standard InChI is InChI=1S/C20H22ClN3O2/c1-12-4-5-15-16(25)11-20(26-19(15)13(12)2)6-8-24(9-7-20)18-10-17(21)22-14(3)23-18/h4-5,10H,6-9,11H2,1-3H3. The Morgan fingerprint density at radius 1 is 1.15 bits per heavy atom. The number of ketones is 1. The molecule has 0 unspecified atom stereocenters. The lowest BCUT2D eigenvalue weighted by Crippen LogP contribution is -2.51. The zero-order valence-corrected chi connectivity index (χ0v) is 16.1. The Bertz CT molecular complexity index is 869. The number of Topliss-reactive ketones (excluding diaryl/α,β-unsaturated/α-hetero) is 1. The van der Waals surface area contributed by atoms with Gasteiger partial charge in [0, 0.05) is 32.0 Å². The topological polar surface area (TPSA) is 55.3 Å². The summed E-state index contributed by atoms with van der Waals surface area (Å²) in [6.07, 6.45) is 2.01. The van der Waals surface area contributed by atoms with Gasteiger partial charge in [-0.15, -0.1) is 0 Å². The number of nitrogens with zero attached hydrogens (tertiary/aromatic N) is 3. The van der Waals surface area contributed by atoms with Crippen LogP contribution in [-0.4, -0.2) is 34.4 Å². The highest BCUT2D eigenvalue weighted by molar-refractivity contribution is 6.29. The number of piperidine rings is 1. The van der Waals surface area contributed by atoms with E-state index in [-0.39, 0.29) is 5.78 Å². The molecule has 0 amide bonds. The fourth-order valence-electron chi connectivity index (χ4n) is 3.88. The number of halogens is 1. The first-order chi connectivity index (χ1) is 12.4. The third-order valence-electron chi connectivity index (χ3n) is 5.57. The molecule has 0 N–H and O–H groups in total. The van der Waals surface area contributed by atoms with Crippen molar-refractivity contribution in [3.05, 3.63) is 45.9 Å². The van der Waals surface area contributed by atoms with Crippen molar-refractivity contribution in [3.63, 3.8) is 0 Å². The predicted octanol–water partition coefficient (Wildman–Crippen LogP) is 4.06. The van der Waals surface area contributed by atoms with Crippen LogP contribution in [0.4, 0.5) is 5.82 Å². The molecule has 1 aromatic carbocycles. The summed E-state index contributed by atoms with van der Waals surface area (Å²) in [5, 5.41) is 0.455. The summed E-state index contributed by atoms with van der Waals surface area (Å²) >= 11 is 6.07. The number of rotatable bonds is 1. The van der Waals surface area contributed by atoms with Crippen LogP contribution in [0.1, 0.15) is 46.6 Å². The SMILES string of the molecule is Cc1nc(Cl)cc(N2CCC3(CC2)CC(=O)c2ccc(C)c(C)c2O3)n1. The van der Waals surface area contributed by atoms with Crippen LogP contribution in [0.2, 0.25) is 5.15 Å². The maximum absolute atomic E-state index is 12.7. The zero-order chi connectivity index (χ0) is 18.5. The van der Waals surface area contributed by atoms with Crippen LogP contribution in [0, 0.1) is 20.8 Å². The average Bonchev–Trinajstić information content (AvgIpc) is 2.58. The number of ether oxygens (including phenoxy) is 1. The number of benzene rings is 1. The summed E-state index contributed by atoms with van der Waals surface area (Å²) in [7, 11) is 0. The van der Waals surface area contributed by atoms with Crippen LogP contribution in [0.3, 0.4) is 0 Å². The maximum Gasteiger partial charge on any atom is 0.170 e. The lowest BCUT2D eigenvalue weighted by molar-refractivity contribution is 0.0225. The van der Waals surface area contributed by atoms with E-state index in [0.717, 1.165) is 54.2 Å². The van der Waals surface area contributed by atoms with E-state index in [0.29, 0.717) is 17.4 Å². The molecule has 0 bridgehead atoms. The lowest BCUT2D eigenvalue weighted by atomic mass is 9.81. The molecule has 26 heavy (non-hydrogen) atoms. The van der Waals surface area contributed by atoms with E-state index in [1.54, 1.807) is 6.07 Å². The van der Waals surface area contributed by atoms with Crippen LogP contribution in [0.5, 0.6) is 5.75 Å². The van der Waals surface area contributed by atoms with E-state index in [1.165, 1.54) is 0 Å². The van der Waals surface area contributed by atoms with Crippen LogP contribution < -0.4 is 9.64 Å². The Morgan fingerprint density at radius 2 is 1.88 bits per heavy atom. The van der Waals surface area contributed by atoms with Gasteiger partial charge in [0.15, 0.2) is 5.78 Å². The van der Waals surface area contributed by atoms with Gasteiger partial charge < -0.3 is 9.64 Å². The second-order valence-corrected chi connectivity index (χ2v) is 7.74. The number of anilines is 1. The highest BCUT2D eigenvalue weighted by Crippen LogP contribution is 2.42. The minimum Gasteiger partial charge on any atom is -0.486 e. The molecule has 0 radical (unpaired) electrons. The molecule has 1 aromatic heterocycles. The molecule has 6 heteroatoms. The van der Waals surface area contributed by atoms with E-state index in [1.807, 2.05) is 26.0 Å². The number of fused-ring (bicyclic) bond motifs is 1. The van der Waals surface area contributed by atoms with Gasteiger partial charge in [-0.25, -0.2) is 9.97 Å². The molecule has 0 atom stereocenters. The molecule has 2 aromatic rings. The molecular formula is C20H22ClN3O2. The van der Waals surface area contributed by atoms with Gasteiger partial charge in [-0.1, -0.05) is 17.7 Å². The van der Waals surface area contributed by atoms with Gasteiger partial charge in [0.05, 0.1) is 12.0 Å². The van der Waals surface area contributed by atoms with Gasteiger partial charge in [-0.3, -0.25) is 4.79 Å². The van der Waals surface area contributed by atoms with Crippen LogP contribution >= 0.6 is 11.6 Å². The summed E-state index contributed by atoms with van der Waals surface area (Å²) in [6.45, 7) is 7.47. The fraction of sp³-hybridized carbons (Fsp3) is 0.450. The fourth-order valence-corrected chi connectivity index (χ4v) is 4.10. The molecular weight excluding hydrogens is 350 g/mol. The Balaban J connectivity index is 1.57. The second kappa shape index (κ2) is 6.23. The first-order valence-electron chi connectivity index (χ1n) is 8.95. The van der Waals surface area contributed by atoms with Crippen molar-refractivity contribution in [2.45, 2.75) is 45.6 Å². The van der Waals surface area contributed by atoms with Gasteiger partial charge in [-0.2, -0.15) is 0 Å². The van der Waals surface area contributed by atoms with E-state index < -0.39 is 5.60 Å². The summed E-state index contributed by atoms with van der Waals surface area (Å²) < 4.78 is 6.47. The highest BCUT2D eigenvalue weighted by Gasteiger charge is 2.43. The number of aryl methyl sites for hydroxylation is 2. The van der Waals surface area contributed by atoms with Gasteiger partial charge in [0.2, 0.25) is 0 Å². The maximum atomic E-state index is 12.7. The van der Waals surface area contributed by atoms with Gasteiger partial charge in [-0.05, 0) is 38.0 Å². The van der Waals surface area contributed by atoms with Crippen molar-refractivity contribution in [1.82, 2.24) is 9.97 Å². The smallest absolute Gasteiger partial charge is 0.170 e. The number of hydrogen-bond acceptors (Lipinski definition) is 5. The minimum atomic E-state index is -0.412. The molecule has 136 valence electrons. The van der Waals surface area contributed by atoms with Crippen LogP contribution in [-0.2, 0) is 0 Å². The molecule has 4 rings (SSSR count). The Hall–Kier alpha value is -2.14. The van der Waals surface area contributed by atoms with Crippen LogP contribution in [0.15, 0.2) is 18.2 Å². The third kappa shape index (κ3) is 2.94. The van der Waals surface area contributed by atoms with Crippen LogP contribution in [0.25, 0.3) is 0 Å². The van der Waals surface area contributed by atoms with Gasteiger partial charge in [0.1, 0.15) is 28.1 Å². The summed E-state index contributed by atoms with van der Waals surface area (Å²) in [5.41, 5.74) is 2.53. The van der Waals surface area contributed by atoms with E-state index in [2.05, 4.69) is 21.8 Å². The molecule has 1 fully saturated rings. The van der Waals surface area contributed by atoms with Crippen molar-refractivity contribution in [1.29, 1.82) is 0 Å². The molecule has 2 aliphatic heterocycles. The monoisotopic (exact) mass is 371 g/mol. The zero-order valence-electron chi connectivity index (χ0n) is 15.3. The van der Waals surface area contributed by atoms with Gasteiger partial charge in [0.25, 0.3) is 0 Å². The van der Waals surface area contributed by atoms with Crippen molar-refractivity contribution in [2.24, 2.45) is 0 Å². The highest BCUT2D eigenvalue weighted by atomic mass is 35.5.